The fraction of sp³-hybridized carbons (Fsp3) is 0.875. The van der Waals surface area contributed by atoms with Gasteiger partial charge in [-0.25, -0.2) is 0 Å². The number of hydrogen-bond acceptors (Lipinski definition) is 3. The third kappa shape index (κ3) is 2.68. The Labute approximate surface area is 126 Å². The van der Waals surface area contributed by atoms with E-state index in [2.05, 4.69) is 5.32 Å². The van der Waals surface area contributed by atoms with Crippen molar-refractivity contribution in [2.75, 3.05) is 7.11 Å². The summed E-state index contributed by atoms with van der Waals surface area (Å²) in [4.78, 5) is 27.0. The lowest BCUT2D eigenvalue weighted by molar-refractivity contribution is -0.159. The zero-order valence-electron chi connectivity index (χ0n) is 13.0. The summed E-state index contributed by atoms with van der Waals surface area (Å²) in [6.45, 7) is 1.84. The van der Waals surface area contributed by atoms with E-state index in [1.165, 1.54) is 19.3 Å². The summed E-state index contributed by atoms with van der Waals surface area (Å²) in [6, 6.07) is -0.467. The van der Waals surface area contributed by atoms with Crippen LogP contribution < -0.4 is 5.32 Å². The largest absolute Gasteiger partial charge is 0.381 e. The SMILES string of the molecule is COC1CC(N2C(=O)C(C3CCCCC3)NC(=O)C2C)C1. The molecule has 0 aromatic rings. The molecule has 5 nitrogen and oxygen atoms in total. The average molecular weight is 294 g/mol. The minimum Gasteiger partial charge on any atom is -0.381 e. The van der Waals surface area contributed by atoms with E-state index in [1.54, 1.807) is 7.11 Å². The number of carbonyl (C=O) groups is 2. The van der Waals surface area contributed by atoms with Crippen molar-refractivity contribution in [2.24, 2.45) is 5.92 Å². The van der Waals surface area contributed by atoms with Crippen molar-refractivity contribution in [3.63, 3.8) is 0 Å². The van der Waals surface area contributed by atoms with Gasteiger partial charge in [0.1, 0.15) is 12.1 Å². The monoisotopic (exact) mass is 294 g/mol. The molecule has 1 N–H and O–H groups in total. The van der Waals surface area contributed by atoms with Gasteiger partial charge in [-0.3, -0.25) is 9.59 Å². The highest BCUT2D eigenvalue weighted by Crippen LogP contribution is 2.34. The molecule has 1 aliphatic heterocycles. The van der Waals surface area contributed by atoms with Crippen LogP contribution in [-0.2, 0) is 14.3 Å². The minimum absolute atomic E-state index is 0.00559. The normalized spacial score (nSPS) is 38.1. The molecule has 2 unspecified atom stereocenters. The van der Waals surface area contributed by atoms with Gasteiger partial charge in [-0.15, -0.1) is 0 Å². The summed E-state index contributed by atoms with van der Waals surface area (Å²) in [6.07, 6.45) is 7.68. The first-order valence-electron chi connectivity index (χ1n) is 8.27. The third-order valence-electron chi connectivity index (χ3n) is 5.53. The van der Waals surface area contributed by atoms with E-state index in [0.717, 1.165) is 25.7 Å². The number of piperazine rings is 1. The summed E-state index contributed by atoms with van der Waals surface area (Å²) in [7, 11) is 1.71. The number of hydrogen-bond donors (Lipinski definition) is 1. The lowest BCUT2D eigenvalue weighted by Gasteiger charge is -2.49. The average Bonchev–Trinajstić information content (AvgIpc) is 2.46. The van der Waals surface area contributed by atoms with Gasteiger partial charge in [0.05, 0.1) is 6.10 Å². The molecule has 1 heterocycles. The molecule has 0 radical (unpaired) electrons. The number of rotatable bonds is 3. The molecule has 0 aromatic carbocycles. The minimum atomic E-state index is -0.347. The van der Waals surface area contributed by atoms with Crippen molar-refractivity contribution in [3.05, 3.63) is 0 Å². The first kappa shape index (κ1) is 14.8. The van der Waals surface area contributed by atoms with Gasteiger partial charge in [0, 0.05) is 13.2 Å². The number of methoxy groups -OCH3 is 1. The highest BCUT2D eigenvalue weighted by atomic mass is 16.5. The van der Waals surface area contributed by atoms with Gasteiger partial charge < -0.3 is 15.0 Å². The van der Waals surface area contributed by atoms with Gasteiger partial charge in [-0.1, -0.05) is 19.3 Å². The number of nitrogens with one attached hydrogen (secondary N) is 1. The van der Waals surface area contributed by atoms with Crippen LogP contribution in [0, 0.1) is 5.92 Å². The zero-order valence-corrected chi connectivity index (χ0v) is 13.0. The van der Waals surface area contributed by atoms with Gasteiger partial charge in [-0.2, -0.15) is 0 Å². The fourth-order valence-corrected chi connectivity index (χ4v) is 4.05. The van der Waals surface area contributed by atoms with Gasteiger partial charge in [0.15, 0.2) is 0 Å². The van der Waals surface area contributed by atoms with Crippen molar-refractivity contribution < 1.29 is 14.3 Å². The summed E-state index contributed by atoms with van der Waals surface area (Å²) in [5.41, 5.74) is 0. The molecule has 2 amide bonds. The summed E-state index contributed by atoms with van der Waals surface area (Å²) >= 11 is 0. The maximum Gasteiger partial charge on any atom is 0.246 e. The molecule has 0 aromatic heterocycles. The Balaban J connectivity index is 1.72. The number of carbonyl (C=O) groups excluding carboxylic acids is 2. The number of ether oxygens (including phenoxy) is 1. The van der Waals surface area contributed by atoms with Gasteiger partial charge in [-0.05, 0) is 38.5 Å². The second-order valence-electron chi connectivity index (χ2n) is 6.79. The van der Waals surface area contributed by atoms with Gasteiger partial charge in [0.25, 0.3) is 0 Å². The van der Waals surface area contributed by atoms with E-state index in [9.17, 15) is 9.59 Å². The highest BCUT2D eigenvalue weighted by molar-refractivity contribution is 5.97. The fourth-order valence-electron chi connectivity index (χ4n) is 4.05. The molecule has 1 saturated heterocycles. The third-order valence-corrected chi connectivity index (χ3v) is 5.53. The van der Waals surface area contributed by atoms with Crippen LogP contribution in [0.2, 0.25) is 0 Å². The van der Waals surface area contributed by atoms with Crippen LogP contribution in [-0.4, -0.2) is 48.1 Å². The van der Waals surface area contributed by atoms with Crippen LogP contribution >= 0.6 is 0 Å². The first-order chi connectivity index (χ1) is 10.1. The predicted octanol–water partition coefficient (Wildman–Crippen LogP) is 1.46. The van der Waals surface area contributed by atoms with E-state index in [0.29, 0.717) is 5.92 Å². The van der Waals surface area contributed by atoms with E-state index in [-0.39, 0.29) is 36.0 Å². The van der Waals surface area contributed by atoms with Gasteiger partial charge >= 0.3 is 0 Å². The van der Waals surface area contributed by atoms with Crippen LogP contribution in [0.25, 0.3) is 0 Å². The Bertz CT molecular complexity index is 414. The van der Waals surface area contributed by atoms with E-state index < -0.39 is 0 Å². The molecule has 3 rings (SSSR count). The molecule has 5 heteroatoms. The van der Waals surface area contributed by atoms with Crippen molar-refractivity contribution in [3.8, 4) is 0 Å². The van der Waals surface area contributed by atoms with Crippen molar-refractivity contribution in [1.29, 1.82) is 0 Å². The molecule has 2 aliphatic carbocycles. The van der Waals surface area contributed by atoms with Crippen LogP contribution in [0.3, 0.4) is 0 Å². The Kier molecular flexibility index (Phi) is 4.20. The number of amides is 2. The van der Waals surface area contributed by atoms with Gasteiger partial charge in [0.2, 0.25) is 11.8 Å². The van der Waals surface area contributed by atoms with Crippen LogP contribution in [0.4, 0.5) is 0 Å². The van der Waals surface area contributed by atoms with Crippen LogP contribution in [0.15, 0.2) is 0 Å². The molecular weight excluding hydrogens is 268 g/mol. The molecule has 2 atom stereocenters. The van der Waals surface area contributed by atoms with Crippen molar-refractivity contribution in [2.45, 2.75) is 76.1 Å². The molecule has 3 aliphatic rings. The first-order valence-corrected chi connectivity index (χ1v) is 8.27. The van der Waals surface area contributed by atoms with E-state index >= 15 is 0 Å². The standard InChI is InChI=1S/C16H26N2O3/c1-10-15(19)17-14(11-6-4-3-5-7-11)16(20)18(10)12-8-13(9-12)21-2/h10-14H,3-9H2,1-2H3,(H,17,19). The Morgan fingerprint density at radius 1 is 1.14 bits per heavy atom. The smallest absolute Gasteiger partial charge is 0.246 e. The maximum absolute atomic E-state index is 12.9. The Hall–Kier alpha value is -1.10. The van der Waals surface area contributed by atoms with Crippen molar-refractivity contribution >= 4 is 11.8 Å². The summed E-state index contributed by atoms with van der Waals surface area (Å²) in [5.74, 6) is 0.461. The quantitative estimate of drug-likeness (QED) is 0.857. The molecule has 118 valence electrons. The van der Waals surface area contributed by atoms with E-state index in [1.807, 2.05) is 11.8 Å². The molecule has 0 bridgehead atoms. The molecule has 21 heavy (non-hydrogen) atoms. The van der Waals surface area contributed by atoms with E-state index in [4.69, 9.17) is 4.74 Å². The second kappa shape index (κ2) is 5.95. The second-order valence-corrected chi connectivity index (χ2v) is 6.79. The highest BCUT2D eigenvalue weighted by Gasteiger charge is 2.47. The molecular formula is C16H26N2O3. The molecule has 3 fully saturated rings. The Morgan fingerprint density at radius 2 is 1.81 bits per heavy atom. The summed E-state index contributed by atoms with van der Waals surface area (Å²) < 4.78 is 5.31. The summed E-state index contributed by atoms with van der Waals surface area (Å²) in [5, 5.41) is 2.98. The van der Waals surface area contributed by atoms with Crippen LogP contribution in [0.5, 0.6) is 0 Å². The molecule has 0 spiro atoms. The molecule has 2 saturated carbocycles. The zero-order chi connectivity index (χ0) is 15.0. The lowest BCUT2D eigenvalue weighted by atomic mass is 9.80. The topological polar surface area (TPSA) is 58.6 Å². The number of nitrogens with zero attached hydrogens (tertiary/aromatic N) is 1. The van der Waals surface area contributed by atoms with Crippen LogP contribution in [0.1, 0.15) is 51.9 Å². The predicted molar refractivity (Wildman–Crippen MR) is 78.6 cm³/mol. The Morgan fingerprint density at radius 3 is 2.43 bits per heavy atom. The maximum atomic E-state index is 12.9. The lowest BCUT2D eigenvalue weighted by Crippen LogP contribution is -2.68. The van der Waals surface area contributed by atoms with Crippen molar-refractivity contribution in [1.82, 2.24) is 10.2 Å².